The lowest BCUT2D eigenvalue weighted by Gasteiger charge is -2.20. The Bertz CT molecular complexity index is 1400. The minimum absolute atomic E-state index is 0.0400. The zero-order valence-corrected chi connectivity index (χ0v) is 24.1. The first kappa shape index (κ1) is 31.4. The number of carbonyl (C=O) groups is 1. The zero-order chi connectivity index (χ0) is 29.7. The van der Waals surface area contributed by atoms with Crippen molar-refractivity contribution in [1.82, 2.24) is 25.2 Å². The van der Waals surface area contributed by atoms with Gasteiger partial charge in [-0.1, -0.05) is 69.5 Å². The normalized spacial score (nSPS) is 11.8. The first-order valence-corrected chi connectivity index (χ1v) is 13.0. The van der Waals surface area contributed by atoms with Crippen molar-refractivity contribution in [3.05, 3.63) is 102 Å². The van der Waals surface area contributed by atoms with E-state index < -0.39 is 5.97 Å². The Labute approximate surface area is 236 Å². The monoisotopic (exact) mass is 542 g/mol. The van der Waals surface area contributed by atoms with Crippen molar-refractivity contribution in [2.75, 3.05) is 19.1 Å². The molecular weight excluding hydrogens is 504 g/mol. The molecule has 0 radical (unpaired) electrons. The molecule has 0 fully saturated rings. The third kappa shape index (κ3) is 7.86. The van der Waals surface area contributed by atoms with E-state index in [2.05, 4.69) is 51.8 Å². The SMILES string of the molecule is C=C/C(Cn1nnc(-c2ccc(CN(C)c3ccc(C(/C=C\C)=C/C)cn3)c(OC)c2)n1)=C(\C=C)C(=O)O.CC. The molecule has 9 nitrogen and oxygen atoms in total. The van der Waals surface area contributed by atoms with Crippen molar-refractivity contribution in [1.29, 1.82) is 0 Å². The molecule has 2 aromatic heterocycles. The van der Waals surface area contributed by atoms with Gasteiger partial charge in [-0.25, -0.2) is 9.78 Å². The van der Waals surface area contributed by atoms with E-state index in [1.165, 1.54) is 16.9 Å². The summed E-state index contributed by atoms with van der Waals surface area (Å²) in [5.74, 6) is 0.813. The topological polar surface area (TPSA) is 106 Å². The van der Waals surface area contributed by atoms with Gasteiger partial charge in [-0.15, -0.1) is 10.2 Å². The molecule has 1 aromatic carbocycles. The number of hydrogen-bond acceptors (Lipinski definition) is 7. The molecule has 0 unspecified atom stereocenters. The van der Waals surface area contributed by atoms with E-state index >= 15 is 0 Å². The van der Waals surface area contributed by atoms with E-state index in [1.54, 1.807) is 7.11 Å². The molecule has 0 aliphatic rings. The standard InChI is InChI=1S/C29H32N6O3.C2H6/c1-7-11-20(8-2)23-14-15-27(30-17-23)34(5)18-24-13-12-22(16-26(24)38-6)28-31-33-35(32-28)19-21(9-3)25(10-4)29(36)37;1-2/h7-17H,3-4,18-19H2,1-2,5-6H3,(H,36,37);1-2H3/b11-7-,20-8+,25-21-;. The van der Waals surface area contributed by atoms with Gasteiger partial charge < -0.3 is 14.7 Å². The lowest BCUT2D eigenvalue weighted by atomic mass is 10.1. The van der Waals surface area contributed by atoms with Crippen LogP contribution in [0.1, 0.15) is 38.8 Å². The molecule has 0 atom stereocenters. The molecule has 0 aliphatic heterocycles. The van der Waals surface area contributed by atoms with E-state index in [9.17, 15) is 9.90 Å². The average molecular weight is 543 g/mol. The Hall–Kier alpha value is -4.79. The Morgan fingerprint density at radius 1 is 1.15 bits per heavy atom. The maximum atomic E-state index is 11.4. The van der Waals surface area contributed by atoms with Crippen molar-refractivity contribution in [2.24, 2.45) is 0 Å². The number of hydrogen-bond donors (Lipinski definition) is 1. The number of aromatic nitrogens is 5. The van der Waals surface area contributed by atoms with Crippen LogP contribution in [0.15, 0.2) is 91.2 Å². The van der Waals surface area contributed by atoms with Crippen LogP contribution in [0.25, 0.3) is 17.0 Å². The lowest BCUT2D eigenvalue weighted by molar-refractivity contribution is -0.132. The Kier molecular flexibility index (Phi) is 12.2. The lowest BCUT2D eigenvalue weighted by Crippen LogP contribution is -2.18. The summed E-state index contributed by atoms with van der Waals surface area (Å²) in [5.41, 5.74) is 4.34. The van der Waals surface area contributed by atoms with Crippen LogP contribution in [0.5, 0.6) is 5.75 Å². The highest BCUT2D eigenvalue weighted by Gasteiger charge is 2.15. The molecule has 40 heavy (non-hydrogen) atoms. The second-order valence-electron chi connectivity index (χ2n) is 8.33. The van der Waals surface area contributed by atoms with Gasteiger partial charge in [0.25, 0.3) is 0 Å². The molecule has 0 amide bonds. The van der Waals surface area contributed by atoms with E-state index in [4.69, 9.17) is 4.74 Å². The van der Waals surface area contributed by atoms with Gasteiger partial charge in [0, 0.05) is 30.9 Å². The number of pyridine rings is 1. The number of allylic oxidation sites excluding steroid dienone is 6. The summed E-state index contributed by atoms with van der Waals surface area (Å²) in [7, 11) is 3.59. The largest absolute Gasteiger partial charge is 0.496 e. The smallest absolute Gasteiger partial charge is 0.336 e. The fourth-order valence-electron chi connectivity index (χ4n) is 3.87. The van der Waals surface area contributed by atoms with Crippen molar-refractivity contribution in [3.8, 4) is 17.1 Å². The van der Waals surface area contributed by atoms with Crippen molar-refractivity contribution < 1.29 is 14.6 Å². The molecule has 3 rings (SSSR count). The molecule has 3 aromatic rings. The summed E-state index contributed by atoms with van der Waals surface area (Å²) in [6.07, 6.45) is 10.7. The molecule has 0 saturated carbocycles. The third-order valence-electron chi connectivity index (χ3n) is 5.87. The first-order valence-electron chi connectivity index (χ1n) is 13.0. The molecule has 0 aliphatic carbocycles. The number of tetrazole rings is 1. The number of benzene rings is 1. The Morgan fingerprint density at radius 3 is 2.45 bits per heavy atom. The predicted molar refractivity (Wildman–Crippen MR) is 161 cm³/mol. The van der Waals surface area contributed by atoms with Gasteiger partial charge in [0.2, 0.25) is 5.82 Å². The number of nitrogens with zero attached hydrogens (tertiary/aromatic N) is 6. The van der Waals surface area contributed by atoms with Crippen molar-refractivity contribution in [3.63, 3.8) is 0 Å². The number of anilines is 1. The molecule has 1 N–H and O–H groups in total. The number of carboxylic acid groups (broad SMARTS) is 1. The summed E-state index contributed by atoms with van der Waals surface area (Å²) in [6, 6.07) is 9.77. The zero-order valence-electron chi connectivity index (χ0n) is 24.1. The highest BCUT2D eigenvalue weighted by Crippen LogP contribution is 2.27. The molecule has 0 saturated heterocycles. The van der Waals surface area contributed by atoms with Gasteiger partial charge >= 0.3 is 5.97 Å². The third-order valence-corrected chi connectivity index (χ3v) is 5.87. The highest BCUT2D eigenvalue weighted by atomic mass is 16.5. The Morgan fingerprint density at radius 2 is 1.90 bits per heavy atom. The molecule has 9 heteroatoms. The number of rotatable bonds is 12. The van der Waals surface area contributed by atoms with Crippen LogP contribution in [0.2, 0.25) is 0 Å². The summed E-state index contributed by atoms with van der Waals surface area (Å²) in [4.78, 5) is 19.4. The first-order chi connectivity index (χ1) is 19.3. The van der Waals surface area contributed by atoms with E-state index in [1.807, 2.05) is 76.2 Å². The maximum Gasteiger partial charge on any atom is 0.336 e. The second kappa shape index (κ2) is 15.6. The average Bonchev–Trinajstić information content (AvgIpc) is 3.45. The maximum absolute atomic E-state index is 11.4. The fourth-order valence-corrected chi connectivity index (χ4v) is 3.87. The van der Waals surface area contributed by atoms with Crippen LogP contribution in [0.4, 0.5) is 5.82 Å². The summed E-state index contributed by atoms with van der Waals surface area (Å²) in [6.45, 7) is 15.9. The summed E-state index contributed by atoms with van der Waals surface area (Å²) < 4.78 is 5.66. The van der Waals surface area contributed by atoms with E-state index in [0.29, 0.717) is 23.7 Å². The van der Waals surface area contributed by atoms with Gasteiger partial charge in [0.15, 0.2) is 0 Å². The van der Waals surface area contributed by atoms with Gasteiger partial charge in [0.1, 0.15) is 11.6 Å². The van der Waals surface area contributed by atoms with E-state index in [0.717, 1.165) is 28.1 Å². The van der Waals surface area contributed by atoms with Gasteiger partial charge in [-0.05, 0) is 54.0 Å². The van der Waals surface area contributed by atoms with Crippen molar-refractivity contribution in [2.45, 2.75) is 40.8 Å². The Balaban J connectivity index is 0.00000274. The van der Waals surface area contributed by atoms with Gasteiger partial charge in [0.05, 0.1) is 19.2 Å². The minimum atomic E-state index is -1.09. The predicted octanol–water partition coefficient (Wildman–Crippen LogP) is 6.14. The van der Waals surface area contributed by atoms with Gasteiger partial charge in [-0.2, -0.15) is 4.80 Å². The molecular formula is C31H38N6O3. The van der Waals surface area contributed by atoms with Crippen LogP contribution in [0.3, 0.4) is 0 Å². The van der Waals surface area contributed by atoms with Crippen LogP contribution in [-0.4, -0.2) is 50.4 Å². The summed E-state index contributed by atoms with van der Waals surface area (Å²) in [5, 5.41) is 21.9. The van der Waals surface area contributed by atoms with Crippen LogP contribution in [0, 0.1) is 0 Å². The summed E-state index contributed by atoms with van der Waals surface area (Å²) >= 11 is 0. The molecule has 2 heterocycles. The number of aliphatic carboxylic acids is 1. The minimum Gasteiger partial charge on any atom is -0.496 e. The fraction of sp³-hybridized carbons (Fsp3) is 0.258. The molecule has 0 spiro atoms. The molecule has 210 valence electrons. The van der Waals surface area contributed by atoms with E-state index in [-0.39, 0.29) is 12.1 Å². The van der Waals surface area contributed by atoms with Crippen LogP contribution < -0.4 is 9.64 Å². The number of ether oxygens (including phenoxy) is 1. The van der Waals surface area contributed by atoms with Gasteiger partial charge in [-0.3, -0.25) is 0 Å². The number of carboxylic acids is 1. The highest BCUT2D eigenvalue weighted by molar-refractivity contribution is 5.91. The second-order valence-corrected chi connectivity index (χ2v) is 8.33. The van der Waals surface area contributed by atoms with Crippen molar-refractivity contribution >= 4 is 17.4 Å². The van der Waals surface area contributed by atoms with Crippen LogP contribution in [-0.2, 0) is 17.9 Å². The number of methoxy groups -OCH3 is 1. The quantitative estimate of drug-likeness (QED) is 0.215. The molecule has 0 bridgehead atoms. The van der Waals surface area contributed by atoms with Crippen LogP contribution >= 0.6 is 0 Å².